The van der Waals surface area contributed by atoms with E-state index >= 15 is 0 Å². The summed E-state index contributed by atoms with van der Waals surface area (Å²) in [5.74, 6) is 0. The van der Waals surface area contributed by atoms with Crippen molar-refractivity contribution in [3.63, 3.8) is 0 Å². The van der Waals surface area contributed by atoms with Crippen LogP contribution >= 0.6 is 27.3 Å². The molecule has 2 nitrogen and oxygen atoms in total. The molecular weight excluding hydrogens is 252 g/mol. The summed E-state index contributed by atoms with van der Waals surface area (Å²) in [7, 11) is 0. The van der Waals surface area contributed by atoms with Crippen LogP contribution in [-0.4, -0.2) is 23.4 Å². The summed E-state index contributed by atoms with van der Waals surface area (Å²) >= 11 is 5.06. The molecule has 1 heterocycles. The van der Waals surface area contributed by atoms with Gasteiger partial charge in [-0.25, -0.2) is 0 Å². The van der Waals surface area contributed by atoms with Crippen LogP contribution in [0.4, 0.5) is 0 Å². The number of aliphatic hydroxyl groups excluding tert-OH is 2. The van der Waals surface area contributed by atoms with Gasteiger partial charge in [0.25, 0.3) is 0 Å². The summed E-state index contributed by atoms with van der Waals surface area (Å²) in [5, 5.41) is 20.2. The molecule has 13 heavy (non-hydrogen) atoms. The van der Waals surface area contributed by atoms with Crippen molar-refractivity contribution >= 4 is 27.3 Å². The number of rotatable bonds is 4. The summed E-state index contributed by atoms with van der Waals surface area (Å²) in [5.41, 5.74) is -0.409. The molecule has 0 unspecified atom stereocenters. The average molecular weight is 265 g/mol. The molecule has 1 aromatic rings. The molecule has 0 amide bonds. The monoisotopic (exact) mass is 264 g/mol. The van der Waals surface area contributed by atoms with Crippen LogP contribution in [0.5, 0.6) is 0 Å². The van der Waals surface area contributed by atoms with Gasteiger partial charge in [-0.1, -0.05) is 6.92 Å². The third kappa shape index (κ3) is 2.77. The summed E-state index contributed by atoms with van der Waals surface area (Å²) in [4.78, 5) is 1.17. The fraction of sp³-hybridized carbons (Fsp3) is 0.556. The minimum absolute atomic E-state index is 0.00778. The van der Waals surface area contributed by atoms with E-state index < -0.39 is 5.41 Å². The Morgan fingerprint density at radius 1 is 1.46 bits per heavy atom. The predicted octanol–water partition coefficient (Wildman–Crippen LogP) is 2.04. The Kier molecular flexibility index (Phi) is 3.91. The molecule has 4 heteroatoms. The van der Waals surface area contributed by atoms with Crippen LogP contribution in [0, 0.1) is 5.41 Å². The van der Waals surface area contributed by atoms with E-state index in [9.17, 15) is 0 Å². The Morgan fingerprint density at radius 3 is 2.46 bits per heavy atom. The molecule has 1 aromatic heterocycles. The zero-order valence-corrected chi connectivity index (χ0v) is 9.86. The first-order valence-corrected chi connectivity index (χ1v) is 5.72. The van der Waals surface area contributed by atoms with Crippen LogP contribution in [0.25, 0.3) is 0 Å². The molecule has 0 spiro atoms. The van der Waals surface area contributed by atoms with Gasteiger partial charge in [0.05, 0.1) is 13.2 Å². The van der Waals surface area contributed by atoms with Gasteiger partial charge in [-0.05, 0) is 33.8 Å². The van der Waals surface area contributed by atoms with Gasteiger partial charge in [-0.15, -0.1) is 11.3 Å². The number of thiophene rings is 1. The molecule has 0 bridgehead atoms. The second-order valence-electron chi connectivity index (χ2n) is 3.50. The quantitative estimate of drug-likeness (QED) is 0.874. The molecule has 0 fully saturated rings. The summed E-state index contributed by atoms with van der Waals surface area (Å²) in [6, 6.07) is 1.98. The molecule has 0 saturated heterocycles. The normalized spacial score (nSPS) is 12.0. The molecule has 2 N–H and O–H groups in total. The highest BCUT2D eigenvalue weighted by molar-refractivity contribution is 9.10. The molecule has 0 aliphatic carbocycles. The maximum absolute atomic E-state index is 9.10. The van der Waals surface area contributed by atoms with E-state index in [1.165, 1.54) is 4.88 Å². The molecule has 0 aliphatic heterocycles. The highest BCUT2D eigenvalue weighted by Gasteiger charge is 2.24. The topological polar surface area (TPSA) is 40.5 Å². The Balaban J connectivity index is 2.73. The standard InChI is InChI=1S/C9H13BrO2S/c1-9(5-11,6-12)4-8-7(10)2-3-13-8/h2-3,11-12H,4-6H2,1H3. The number of hydrogen-bond acceptors (Lipinski definition) is 3. The zero-order chi connectivity index (χ0) is 9.90. The smallest absolute Gasteiger partial charge is 0.0510 e. The Hall–Kier alpha value is 0.100. The Labute approximate surface area is 90.4 Å². The van der Waals surface area contributed by atoms with Gasteiger partial charge in [0.2, 0.25) is 0 Å². The van der Waals surface area contributed by atoms with Crippen molar-refractivity contribution in [1.29, 1.82) is 0 Å². The van der Waals surface area contributed by atoms with Gasteiger partial charge in [-0.2, -0.15) is 0 Å². The first-order valence-electron chi connectivity index (χ1n) is 4.05. The van der Waals surface area contributed by atoms with E-state index in [2.05, 4.69) is 15.9 Å². The van der Waals surface area contributed by atoms with Crippen molar-refractivity contribution in [1.82, 2.24) is 0 Å². The largest absolute Gasteiger partial charge is 0.396 e. The molecular formula is C9H13BrO2S. The van der Waals surface area contributed by atoms with Crippen molar-refractivity contribution in [2.24, 2.45) is 5.41 Å². The van der Waals surface area contributed by atoms with Crippen LogP contribution in [0.1, 0.15) is 11.8 Å². The maximum atomic E-state index is 9.10. The lowest BCUT2D eigenvalue weighted by molar-refractivity contribution is 0.0709. The minimum atomic E-state index is -0.409. The van der Waals surface area contributed by atoms with E-state index in [4.69, 9.17) is 10.2 Å². The van der Waals surface area contributed by atoms with Gasteiger partial charge in [0.1, 0.15) is 0 Å². The second-order valence-corrected chi connectivity index (χ2v) is 5.35. The molecule has 74 valence electrons. The van der Waals surface area contributed by atoms with Crippen LogP contribution in [0.2, 0.25) is 0 Å². The van der Waals surface area contributed by atoms with Gasteiger partial charge >= 0.3 is 0 Å². The van der Waals surface area contributed by atoms with Crippen molar-refractivity contribution in [3.8, 4) is 0 Å². The molecule has 0 aliphatic rings. The fourth-order valence-corrected chi connectivity index (χ4v) is 2.71. The Bertz CT molecular complexity index is 268. The molecule has 0 atom stereocenters. The van der Waals surface area contributed by atoms with Crippen LogP contribution < -0.4 is 0 Å². The molecule has 1 rings (SSSR count). The fourth-order valence-electron chi connectivity index (χ4n) is 1.00. The third-order valence-electron chi connectivity index (χ3n) is 2.04. The highest BCUT2D eigenvalue weighted by Crippen LogP contribution is 2.30. The minimum Gasteiger partial charge on any atom is -0.396 e. The first kappa shape index (κ1) is 11.2. The zero-order valence-electron chi connectivity index (χ0n) is 7.46. The molecule has 0 saturated carbocycles. The average Bonchev–Trinajstić information content (AvgIpc) is 2.52. The second kappa shape index (κ2) is 4.55. The maximum Gasteiger partial charge on any atom is 0.0510 e. The van der Waals surface area contributed by atoms with E-state index in [0.29, 0.717) is 6.42 Å². The summed E-state index contributed by atoms with van der Waals surface area (Å²) in [6.45, 7) is 1.89. The van der Waals surface area contributed by atoms with E-state index in [1.54, 1.807) is 11.3 Å². The third-order valence-corrected chi connectivity index (χ3v) is 3.97. The predicted molar refractivity (Wildman–Crippen MR) is 58.0 cm³/mol. The van der Waals surface area contributed by atoms with E-state index in [0.717, 1.165) is 4.47 Å². The van der Waals surface area contributed by atoms with Crippen molar-refractivity contribution in [2.75, 3.05) is 13.2 Å². The van der Waals surface area contributed by atoms with E-state index in [1.807, 2.05) is 18.4 Å². The lowest BCUT2D eigenvalue weighted by Crippen LogP contribution is -2.28. The van der Waals surface area contributed by atoms with Gasteiger partial charge < -0.3 is 10.2 Å². The highest BCUT2D eigenvalue weighted by atomic mass is 79.9. The van der Waals surface area contributed by atoms with Crippen molar-refractivity contribution in [3.05, 3.63) is 20.8 Å². The van der Waals surface area contributed by atoms with Gasteiger partial charge in [-0.3, -0.25) is 0 Å². The van der Waals surface area contributed by atoms with Crippen LogP contribution in [0.15, 0.2) is 15.9 Å². The summed E-state index contributed by atoms with van der Waals surface area (Å²) in [6.07, 6.45) is 0.707. The van der Waals surface area contributed by atoms with Gasteiger partial charge in [0.15, 0.2) is 0 Å². The lowest BCUT2D eigenvalue weighted by Gasteiger charge is -2.23. The number of halogens is 1. The first-order chi connectivity index (χ1) is 6.11. The van der Waals surface area contributed by atoms with Gasteiger partial charge in [0, 0.05) is 14.8 Å². The number of hydrogen-bond donors (Lipinski definition) is 2. The molecule has 0 radical (unpaired) electrons. The Morgan fingerprint density at radius 2 is 2.08 bits per heavy atom. The summed E-state index contributed by atoms with van der Waals surface area (Å²) < 4.78 is 1.06. The lowest BCUT2D eigenvalue weighted by atomic mass is 9.88. The van der Waals surface area contributed by atoms with E-state index in [-0.39, 0.29) is 13.2 Å². The van der Waals surface area contributed by atoms with Crippen molar-refractivity contribution in [2.45, 2.75) is 13.3 Å². The molecule has 0 aromatic carbocycles. The van der Waals surface area contributed by atoms with Crippen LogP contribution in [-0.2, 0) is 6.42 Å². The SMILES string of the molecule is CC(CO)(CO)Cc1sccc1Br. The number of aliphatic hydroxyl groups is 2. The van der Waals surface area contributed by atoms with Crippen LogP contribution in [0.3, 0.4) is 0 Å². The van der Waals surface area contributed by atoms with Crippen molar-refractivity contribution < 1.29 is 10.2 Å².